The van der Waals surface area contributed by atoms with Gasteiger partial charge in [0.2, 0.25) is 0 Å². The van der Waals surface area contributed by atoms with Gasteiger partial charge in [0.25, 0.3) is 5.91 Å². The van der Waals surface area contributed by atoms with Crippen LogP contribution in [0.1, 0.15) is 16.9 Å². The van der Waals surface area contributed by atoms with Crippen molar-refractivity contribution in [2.45, 2.75) is 6.42 Å². The third kappa shape index (κ3) is 4.20. The Balaban J connectivity index is 1.34. The van der Waals surface area contributed by atoms with Gasteiger partial charge in [-0.25, -0.2) is 0 Å². The highest BCUT2D eigenvalue weighted by atomic mass is 32.1. The maximum Gasteiger partial charge on any atom is 0.269 e. The lowest BCUT2D eigenvalue weighted by Gasteiger charge is -2.10. The molecular weight excluding hydrogens is 384 g/mol. The molecule has 2 aromatic heterocycles. The SMILES string of the molecule is O=C(NCCCOc1cccc2cccnc12)c1c[nH]c(=S)n1-c1ccccc1. The van der Waals surface area contributed by atoms with Crippen LogP contribution in [0.15, 0.2) is 73.1 Å². The minimum atomic E-state index is -0.187. The van der Waals surface area contributed by atoms with E-state index < -0.39 is 0 Å². The molecule has 0 bridgehead atoms. The Morgan fingerprint density at radius 2 is 1.93 bits per heavy atom. The van der Waals surface area contributed by atoms with E-state index in [1.54, 1.807) is 17.0 Å². The first kappa shape index (κ1) is 18.9. The number of benzene rings is 2. The number of hydrogen-bond donors (Lipinski definition) is 2. The average molecular weight is 404 g/mol. The van der Waals surface area contributed by atoms with E-state index in [2.05, 4.69) is 15.3 Å². The molecule has 4 rings (SSSR count). The van der Waals surface area contributed by atoms with Crippen molar-refractivity contribution >= 4 is 29.0 Å². The Morgan fingerprint density at radius 1 is 1.10 bits per heavy atom. The molecule has 2 heterocycles. The lowest BCUT2D eigenvalue weighted by Crippen LogP contribution is -2.27. The fourth-order valence-corrected chi connectivity index (χ4v) is 3.37. The van der Waals surface area contributed by atoms with Crippen molar-refractivity contribution in [1.29, 1.82) is 0 Å². The molecule has 0 aliphatic carbocycles. The van der Waals surface area contributed by atoms with E-state index in [-0.39, 0.29) is 5.91 Å². The van der Waals surface area contributed by atoms with E-state index in [1.807, 2.05) is 60.7 Å². The number of nitrogens with zero attached hydrogens (tertiary/aromatic N) is 2. The van der Waals surface area contributed by atoms with Gasteiger partial charge in [0.15, 0.2) is 4.77 Å². The number of carbonyl (C=O) groups excluding carboxylic acids is 1. The number of nitrogens with one attached hydrogen (secondary N) is 2. The lowest BCUT2D eigenvalue weighted by atomic mass is 10.2. The molecule has 0 saturated heterocycles. The highest BCUT2D eigenvalue weighted by Crippen LogP contribution is 2.22. The van der Waals surface area contributed by atoms with Gasteiger partial charge in [0, 0.05) is 30.0 Å². The molecule has 4 aromatic rings. The Bertz CT molecular complexity index is 1180. The summed E-state index contributed by atoms with van der Waals surface area (Å²) in [6, 6.07) is 19.3. The number of fused-ring (bicyclic) bond motifs is 1. The molecule has 0 saturated carbocycles. The zero-order valence-corrected chi connectivity index (χ0v) is 16.5. The summed E-state index contributed by atoms with van der Waals surface area (Å²) < 4.78 is 8.07. The molecule has 29 heavy (non-hydrogen) atoms. The van der Waals surface area contributed by atoms with Gasteiger partial charge in [-0.15, -0.1) is 0 Å². The molecule has 0 radical (unpaired) electrons. The summed E-state index contributed by atoms with van der Waals surface area (Å²) in [5.41, 5.74) is 2.16. The molecule has 0 atom stereocenters. The maximum absolute atomic E-state index is 12.6. The van der Waals surface area contributed by atoms with Crippen LogP contribution in [0, 0.1) is 4.77 Å². The number of H-pyrrole nitrogens is 1. The first-order chi connectivity index (χ1) is 14.2. The second-order valence-electron chi connectivity index (χ2n) is 6.44. The standard InChI is InChI=1S/C22H20N4O2S/c27-21(18-15-25-22(29)26(18)17-9-2-1-3-10-17)24-13-6-14-28-19-11-4-7-16-8-5-12-23-20(16)19/h1-5,7-12,15H,6,13-14H2,(H,24,27)(H,25,29). The van der Waals surface area contributed by atoms with Crippen molar-refractivity contribution in [2.24, 2.45) is 0 Å². The molecule has 0 fully saturated rings. The zero-order valence-electron chi connectivity index (χ0n) is 15.7. The first-order valence-corrected chi connectivity index (χ1v) is 9.75. The second kappa shape index (κ2) is 8.70. The molecule has 6 nitrogen and oxygen atoms in total. The molecule has 0 spiro atoms. The Kier molecular flexibility index (Phi) is 5.67. The zero-order chi connectivity index (χ0) is 20.1. The van der Waals surface area contributed by atoms with Crippen LogP contribution in [0.4, 0.5) is 0 Å². The minimum absolute atomic E-state index is 0.187. The van der Waals surface area contributed by atoms with Crippen LogP contribution >= 0.6 is 12.2 Å². The second-order valence-corrected chi connectivity index (χ2v) is 6.83. The predicted octanol–water partition coefficient (Wildman–Crippen LogP) is 4.28. The summed E-state index contributed by atoms with van der Waals surface area (Å²) in [5, 5.41) is 3.96. The normalized spacial score (nSPS) is 10.8. The number of carbonyl (C=O) groups is 1. The summed E-state index contributed by atoms with van der Waals surface area (Å²) in [7, 11) is 0. The van der Waals surface area contributed by atoms with E-state index in [4.69, 9.17) is 17.0 Å². The van der Waals surface area contributed by atoms with Gasteiger partial charge in [-0.1, -0.05) is 36.4 Å². The monoisotopic (exact) mass is 404 g/mol. The van der Waals surface area contributed by atoms with Gasteiger partial charge in [-0.2, -0.15) is 0 Å². The number of amides is 1. The molecule has 0 aliphatic rings. The number of aromatic nitrogens is 3. The van der Waals surface area contributed by atoms with Crippen LogP contribution in [-0.4, -0.2) is 33.6 Å². The molecule has 0 unspecified atom stereocenters. The van der Waals surface area contributed by atoms with E-state index >= 15 is 0 Å². The van der Waals surface area contributed by atoms with E-state index in [1.165, 1.54) is 0 Å². The topological polar surface area (TPSA) is 71.9 Å². The summed E-state index contributed by atoms with van der Waals surface area (Å²) >= 11 is 5.32. The van der Waals surface area contributed by atoms with Gasteiger partial charge < -0.3 is 15.0 Å². The summed E-state index contributed by atoms with van der Waals surface area (Å²) in [6.07, 6.45) is 4.05. The van der Waals surface area contributed by atoms with Crippen molar-refractivity contribution in [3.05, 3.63) is 83.5 Å². The van der Waals surface area contributed by atoms with Crippen LogP contribution in [0.5, 0.6) is 5.75 Å². The Hall–Kier alpha value is -3.45. The molecule has 2 aromatic carbocycles. The third-order valence-corrected chi connectivity index (χ3v) is 4.78. The minimum Gasteiger partial charge on any atom is -0.491 e. The van der Waals surface area contributed by atoms with Crippen molar-refractivity contribution in [2.75, 3.05) is 13.2 Å². The van der Waals surface area contributed by atoms with Crippen molar-refractivity contribution < 1.29 is 9.53 Å². The third-order valence-electron chi connectivity index (χ3n) is 4.48. The molecule has 2 N–H and O–H groups in total. The summed E-state index contributed by atoms with van der Waals surface area (Å²) in [5.74, 6) is 0.561. The lowest BCUT2D eigenvalue weighted by molar-refractivity contribution is 0.0944. The molecule has 0 aliphatic heterocycles. The highest BCUT2D eigenvalue weighted by molar-refractivity contribution is 7.71. The Morgan fingerprint density at radius 3 is 2.79 bits per heavy atom. The van der Waals surface area contributed by atoms with E-state index in [0.29, 0.717) is 30.0 Å². The van der Waals surface area contributed by atoms with Gasteiger partial charge >= 0.3 is 0 Å². The highest BCUT2D eigenvalue weighted by Gasteiger charge is 2.13. The van der Waals surface area contributed by atoms with Crippen LogP contribution in [0.2, 0.25) is 0 Å². The van der Waals surface area contributed by atoms with E-state index in [0.717, 1.165) is 22.3 Å². The van der Waals surface area contributed by atoms with Crippen molar-refractivity contribution in [3.63, 3.8) is 0 Å². The smallest absolute Gasteiger partial charge is 0.269 e. The Labute approximate surface area is 173 Å². The number of imidazole rings is 1. The number of ether oxygens (including phenoxy) is 1. The fourth-order valence-electron chi connectivity index (χ4n) is 3.11. The largest absolute Gasteiger partial charge is 0.491 e. The van der Waals surface area contributed by atoms with Crippen LogP contribution in [-0.2, 0) is 0 Å². The average Bonchev–Trinajstić information content (AvgIpc) is 3.15. The summed E-state index contributed by atoms with van der Waals surface area (Å²) in [6.45, 7) is 0.970. The van der Waals surface area contributed by atoms with Crippen molar-refractivity contribution in [3.8, 4) is 11.4 Å². The first-order valence-electron chi connectivity index (χ1n) is 9.34. The number of aromatic amines is 1. The summed E-state index contributed by atoms with van der Waals surface area (Å²) in [4.78, 5) is 19.9. The number of hydrogen-bond acceptors (Lipinski definition) is 4. The van der Waals surface area contributed by atoms with Gasteiger partial charge in [0.05, 0.1) is 6.61 Å². The van der Waals surface area contributed by atoms with E-state index in [9.17, 15) is 4.79 Å². The molecule has 1 amide bonds. The fraction of sp³-hybridized carbons (Fsp3) is 0.136. The molecule has 146 valence electrons. The van der Waals surface area contributed by atoms with Crippen LogP contribution in [0.3, 0.4) is 0 Å². The van der Waals surface area contributed by atoms with Gasteiger partial charge in [-0.3, -0.25) is 14.3 Å². The maximum atomic E-state index is 12.6. The van der Waals surface area contributed by atoms with Crippen LogP contribution < -0.4 is 10.1 Å². The quantitative estimate of drug-likeness (QED) is 0.356. The van der Waals surface area contributed by atoms with Gasteiger partial charge in [-0.05, 0) is 42.9 Å². The number of para-hydroxylation sites is 2. The predicted molar refractivity (Wildman–Crippen MR) is 115 cm³/mol. The number of rotatable bonds is 7. The number of pyridine rings is 1. The van der Waals surface area contributed by atoms with Crippen molar-refractivity contribution in [1.82, 2.24) is 19.9 Å². The molecular formula is C22H20N4O2S. The van der Waals surface area contributed by atoms with Gasteiger partial charge in [0.1, 0.15) is 17.0 Å². The molecule has 7 heteroatoms. The van der Waals surface area contributed by atoms with Crippen LogP contribution in [0.25, 0.3) is 16.6 Å².